The third-order valence-corrected chi connectivity index (χ3v) is 6.90. The Labute approximate surface area is 201 Å². The van der Waals surface area contributed by atoms with Crippen molar-refractivity contribution in [3.8, 4) is 0 Å². The molecule has 2 aromatic rings. The molecule has 0 atom stereocenters. The zero-order chi connectivity index (χ0) is 23.7. The molecule has 0 aromatic heterocycles. The van der Waals surface area contributed by atoms with Crippen molar-refractivity contribution in [1.82, 2.24) is 9.80 Å². The topological polar surface area (TPSA) is 73.2 Å². The lowest BCUT2D eigenvalue weighted by atomic mass is 10.1. The second-order valence-electron chi connectivity index (χ2n) is 8.25. The highest BCUT2D eigenvalue weighted by atomic mass is 35.5. The van der Waals surface area contributed by atoms with Gasteiger partial charge in [-0.3, -0.25) is 14.9 Å². The number of hydrogen-bond donors (Lipinski definition) is 0. The molecular formula is C22H24Cl2FN5O3. The van der Waals surface area contributed by atoms with Crippen LogP contribution in [0.3, 0.4) is 0 Å². The zero-order valence-electron chi connectivity index (χ0n) is 18.1. The van der Waals surface area contributed by atoms with Crippen LogP contribution in [0.4, 0.5) is 21.5 Å². The maximum absolute atomic E-state index is 14.8. The fraction of sp³-hybridized carbons (Fsp3) is 0.409. The first kappa shape index (κ1) is 23.5. The number of anilines is 2. The number of halogens is 3. The summed E-state index contributed by atoms with van der Waals surface area (Å²) in [5.74, 6) is -0.775. The summed E-state index contributed by atoms with van der Waals surface area (Å²) < 4.78 is 14.8. The van der Waals surface area contributed by atoms with E-state index in [-0.39, 0.29) is 11.6 Å². The van der Waals surface area contributed by atoms with Gasteiger partial charge in [-0.2, -0.15) is 0 Å². The molecule has 1 amide bonds. The van der Waals surface area contributed by atoms with Gasteiger partial charge in [-0.15, -0.1) is 0 Å². The Morgan fingerprint density at radius 2 is 1.52 bits per heavy atom. The van der Waals surface area contributed by atoms with Crippen LogP contribution in [-0.2, 0) is 0 Å². The fourth-order valence-electron chi connectivity index (χ4n) is 4.19. The third-order valence-electron chi connectivity index (χ3n) is 6.16. The van der Waals surface area contributed by atoms with Gasteiger partial charge in [0.1, 0.15) is 5.69 Å². The SMILES string of the molecule is CN1CCN(c2cc(N3CCN(C(=O)c4ccc(Cl)c(Cl)c4)CC3)c([N+](=O)[O-])cc2F)CC1. The molecule has 2 aliphatic heterocycles. The first-order valence-electron chi connectivity index (χ1n) is 10.7. The van der Waals surface area contributed by atoms with Gasteiger partial charge < -0.3 is 19.6 Å². The number of likely N-dealkylation sites (N-methyl/N-ethyl adjacent to an activating group) is 1. The normalized spacial score (nSPS) is 17.4. The molecule has 0 aliphatic carbocycles. The molecule has 0 spiro atoms. The van der Waals surface area contributed by atoms with Crippen molar-refractivity contribution in [2.75, 3.05) is 69.2 Å². The monoisotopic (exact) mass is 495 g/mol. The summed E-state index contributed by atoms with van der Waals surface area (Å²) in [6.07, 6.45) is 0. The fourth-order valence-corrected chi connectivity index (χ4v) is 4.49. The average Bonchev–Trinajstić information content (AvgIpc) is 2.81. The number of benzene rings is 2. The second-order valence-corrected chi connectivity index (χ2v) is 9.06. The summed E-state index contributed by atoms with van der Waals surface area (Å²) in [4.78, 5) is 31.6. The summed E-state index contributed by atoms with van der Waals surface area (Å²) in [6, 6.07) is 7.32. The van der Waals surface area contributed by atoms with Gasteiger partial charge >= 0.3 is 0 Å². The molecule has 4 rings (SSSR count). The van der Waals surface area contributed by atoms with Crippen LogP contribution >= 0.6 is 23.2 Å². The molecule has 0 saturated carbocycles. The Morgan fingerprint density at radius 3 is 2.12 bits per heavy atom. The molecule has 2 saturated heterocycles. The quantitative estimate of drug-likeness (QED) is 0.474. The van der Waals surface area contributed by atoms with E-state index in [0.29, 0.717) is 66.3 Å². The number of nitro groups is 1. The third kappa shape index (κ3) is 5.00. The second kappa shape index (κ2) is 9.70. The number of carbonyl (C=O) groups is 1. The minimum absolute atomic E-state index is 0.181. The van der Waals surface area contributed by atoms with Crippen molar-refractivity contribution in [1.29, 1.82) is 0 Å². The summed E-state index contributed by atoms with van der Waals surface area (Å²) in [5, 5.41) is 12.3. The van der Waals surface area contributed by atoms with Gasteiger partial charge in [0.2, 0.25) is 0 Å². The number of rotatable bonds is 4. The van der Waals surface area contributed by atoms with Gasteiger partial charge in [0.25, 0.3) is 11.6 Å². The van der Waals surface area contributed by atoms with Crippen LogP contribution in [0, 0.1) is 15.9 Å². The molecule has 0 bridgehead atoms. The van der Waals surface area contributed by atoms with Crippen molar-refractivity contribution in [2.45, 2.75) is 0 Å². The van der Waals surface area contributed by atoms with E-state index in [1.54, 1.807) is 23.1 Å². The molecule has 2 aliphatic rings. The zero-order valence-corrected chi connectivity index (χ0v) is 19.7. The van der Waals surface area contributed by atoms with E-state index < -0.39 is 10.7 Å². The van der Waals surface area contributed by atoms with Crippen LogP contribution in [0.25, 0.3) is 0 Å². The molecular weight excluding hydrogens is 472 g/mol. The van der Waals surface area contributed by atoms with E-state index >= 15 is 0 Å². The smallest absolute Gasteiger partial charge is 0.295 e. The Hall–Kier alpha value is -2.62. The van der Waals surface area contributed by atoms with Gasteiger partial charge in [-0.05, 0) is 31.3 Å². The number of carbonyl (C=O) groups excluding carboxylic acids is 1. The van der Waals surface area contributed by atoms with E-state index in [1.165, 1.54) is 6.07 Å². The lowest BCUT2D eigenvalue weighted by molar-refractivity contribution is -0.384. The maximum Gasteiger partial charge on any atom is 0.295 e. The molecule has 0 radical (unpaired) electrons. The molecule has 0 N–H and O–H groups in total. The molecule has 0 unspecified atom stereocenters. The summed E-state index contributed by atoms with van der Waals surface area (Å²) >= 11 is 12.0. The van der Waals surface area contributed by atoms with Gasteiger partial charge in [0.05, 0.1) is 26.7 Å². The molecule has 33 heavy (non-hydrogen) atoms. The first-order valence-corrected chi connectivity index (χ1v) is 11.4. The predicted octanol–water partition coefficient (Wildman–Crippen LogP) is 3.75. The van der Waals surface area contributed by atoms with Crippen molar-refractivity contribution >= 4 is 46.2 Å². The maximum atomic E-state index is 14.8. The first-order chi connectivity index (χ1) is 15.7. The largest absolute Gasteiger partial charge is 0.367 e. The summed E-state index contributed by atoms with van der Waals surface area (Å²) in [7, 11) is 2.01. The van der Waals surface area contributed by atoms with Gasteiger partial charge in [-0.25, -0.2) is 4.39 Å². The predicted molar refractivity (Wildman–Crippen MR) is 127 cm³/mol. The van der Waals surface area contributed by atoms with Crippen LogP contribution < -0.4 is 9.80 Å². The standard InChI is InChI=1S/C22H24Cl2FN5O3/c1-26-4-6-27(7-5-26)19-14-20(21(30(32)33)13-18(19)25)28-8-10-29(11-9-28)22(31)15-2-3-16(23)17(24)12-15/h2-3,12-14H,4-11H2,1H3. The number of nitro benzene ring substituents is 1. The molecule has 176 valence electrons. The number of hydrogen-bond acceptors (Lipinski definition) is 6. The minimum Gasteiger partial charge on any atom is -0.367 e. The van der Waals surface area contributed by atoms with E-state index in [0.717, 1.165) is 19.2 Å². The van der Waals surface area contributed by atoms with E-state index in [4.69, 9.17) is 23.2 Å². The van der Waals surface area contributed by atoms with E-state index in [9.17, 15) is 19.3 Å². The Kier molecular flexibility index (Phi) is 6.92. The summed E-state index contributed by atoms with van der Waals surface area (Å²) in [5.41, 5.74) is 0.910. The minimum atomic E-state index is -0.594. The average molecular weight is 496 g/mol. The van der Waals surface area contributed by atoms with E-state index in [2.05, 4.69) is 4.90 Å². The van der Waals surface area contributed by atoms with Crippen molar-refractivity contribution < 1.29 is 14.1 Å². The van der Waals surface area contributed by atoms with Crippen molar-refractivity contribution in [3.63, 3.8) is 0 Å². The van der Waals surface area contributed by atoms with Crippen LogP contribution in [0.15, 0.2) is 30.3 Å². The van der Waals surface area contributed by atoms with Crippen molar-refractivity contribution in [2.24, 2.45) is 0 Å². The van der Waals surface area contributed by atoms with Crippen LogP contribution in [0.1, 0.15) is 10.4 Å². The molecule has 2 aromatic carbocycles. The summed E-state index contributed by atoms with van der Waals surface area (Å²) in [6.45, 7) is 4.41. The highest BCUT2D eigenvalue weighted by Crippen LogP contribution is 2.36. The van der Waals surface area contributed by atoms with E-state index in [1.807, 2.05) is 16.8 Å². The highest BCUT2D eigenvalue weighted by molar-refractivity contribution is 6.42. The molecule has 11 heteroatoms. The van der Waals surface area contributed by atoms with Crippen LogP contribution in [-0.4, -0.2) is 80.0 Å². The Balaban J connectivity index is 1.53. The van der Waals surface area contributed by atoms with Gasteiger partial charge in [-0.1, -0.05) is 23.2 Å². The lowest BCUT2D eigenvalue weighted by Crippen LogP contribution is -2.49. The van der Waals surface area contributed by atoms with Crippen LogP contribution in [0.5, 0.6) is 0 Å². The van der Waals surface area contributed by atoms with Gasteiger partial charge in [0.15, 0.2) is 5.82 Å². The molecule has 8 nitrogen and oxygen atoms in total. The molecule has 2 heterocycles. The number of nitrogens with zero attached hydrogens (tertiary/aromatic N) is 5. The van der Waals surface area contributed by atoms with Crippen molar-refractivity contribution in [3.05, 3.63) is 61.9 Å². The van der Waals surface area contributed by atoms with Gasteiger partial charge in [0, 0.05) is 57.9 Å². The number of piperazine rings is 2. The molecule has 2 fully saturated rings. The highest BCUT2D eigenvalue weighted by Gasteiger charge is 2.29. The van der Waals surface area contributed by atoms with Crippen LogP contribution in [0.2, 0.25) is 10.0 Å². The Morgan fingerprint density at radius 1 is 0.909 bits per heavy atom. The number of amides is 1. The lowest BCUT2D eigenvalue weighted by Gasteiger charge is -2.37. The Bertz CT molecular complexity index is 1070.